The minimum atomic E-state index is -0.883. The highest BCUT2D eigenvalue weighted by molar-refractivity contribution is 5.94. The number of amides is 1. The number of para-hydroxylation sites is 1. The molecule has 0 unspecified atom stereocenters. The largest absolute Gasteiger partial charge is 0.496 e. The van der Waals surface area contributed by atoms with E-state index in [1.165, 1.54) is 0 Å². The number of likely N-dealkylation sites (tertiary alicyclic amines) is 1. The summed E-state index contributed by atoms with van der Waals surface area (Å²) < 4.78 is 24.4. The number of aliphatic carboxylic acids is 1. The number of carboxylic acid groups (broad SMARTS) is 1. The van der Waals surface area contributed by atoms with Crippen LogP contribution in [0.5, 0.6) is 23.0 Å². The molecule has 2 aliphatic rings. The van der Waals surface area contributed by atoms with Crippen molar-refractivity contribution in [1.82, 2.24) is 4.90 Å². The number of unbranched alkanes of at least 4 members (excludes halogenated alkanes) is 1. The van der Waals surface area contributed by atoms with Crippen molar-refractivity contribution in [2.45, 2.75) is 51.0 Å². The highest BCUT2D eigenvalue weighted by atomic mass is 16.7. The molecule has 1 N–H and O–H groups in total. The monoisotopic (exact) mass is 618 g/mol. The standard InChI is InChI=1S/C35H43N3O7/c1-5-6-17-38(26-13-10-16-36(2)20-26)32(39)22-37-21-27(25-18-30(43-4)34-31(19-25)44-23-45-34)33(35(40)41)28(37)14-9-12-24-11-7-8-15-29(24)42-3/h7-8,10-11,13,15-16,18-20,27-28,33H,5-6,9,12,14,17,21-23H2,1-4H3/p+1/t27-,28+,33-/m1/s1. The van der Waals surface area contributed by atoms with Gasteiger partial charge in [-0.05, 0) is 61.1 Å². The maximum atomic E-state index is 14.1. The first kappa shape index (κ1) is 32.1. The molecule has 240 valence electrons. The van der Waals surface area contributed by atoms with Crippen LogP contribution in [0, 0.1) is 5.92 Å². The van der Waals surface area contributed by atoms with Crippen LogP contribution in [-0.2, 0) is 23.1 Å². The van der Waals surface area contributed by atoms with E-state index in [0.717, 1.165) is 48.2 Å². The molecule has 3 heterocycles. The van der Waals surface area contributed by atoms with E-state index in [4.69, 9.17) is 18.9 Å². The summed E-state index contributed by atoms with van der Waals surface area (Å²) in [6.45, 7) is 3.31. The second-order valence-electron chi connectivity index (χ2n) is 11.8. The quantitative estimate of drug-likeness (QED) is 0.262. The van der Waals surface area contributed by atoms with Crippen LogP contribution in [0.2, 0.25) is 0 Å². The smallest absolute Gasteiger partial charge is 0.308 e. The van der Waals surface area contributed by atoms with Crippen LogP contribution in [0.25, 0.3) is 0 Å². The van der Waals surface area contributed by atoms with Crippen molar-refractivity contribution in [2.75, 3.05) is 45.5 Å². The lowest BCUT2D eigenvalue weighted by atomic mass is 9.83. The Labute approximate surface area is 265 Å². The zero-order chi connectivity index (χ0) is 31.9. The second kappa shape index (κ2) is 14.6. The predicted molar refractivity (Wildman–Crippen MR) is 169 cm³/mol. The molecule has 1 fully saturated rings. The normalized spacial score (nSPS) is 19.0. The highest BCUT2D eigenvalue weighted by Gasteiger charge is 2.47. The molecule has 5 rings (SSSR count). The van der Waals surface area contributed by atoms with Crippen molar-refractivity contribution in [3.05, 3.63) is 72.1 Å². The van der Waals surface area contributed by atoms with E-state index in [2.05, 4.69) is 11.8 Å². The summed E-state index contributed by atoms with van der Waals surface area (Å²) in [5.74, 6) is 0.345. The third kappa shape index (κ3) is 7.17. The third-order valence-electron chi connectivity index (χ3n) is 8.89. The van der Waals surface area contributed by atoms with Gasteiger partial charge in [0.25, 0.3) is 0 Å². The Bertz CT molecular complexity index is 1500. The van der Waals surface area contributed by atoms with E-state index in [1.54, 1.807) is 14.2 Å². The maximum Gasteiger partial charge on any atom is 0.308 e. The summed E-state index contributed by atoms with van der Waals surface area (Å²) in [5, 5.41) is 10.7. The van der Waals surface area contributed by atoms with E-state index in [9.17, 15) is 14.7 Å². The molecule has 1 saturated heterocycles. The Morgan fingerprint density at radius 2 is 1.87 bits per heavy atom. The first-order chi connectivity index (χ1) is 21.8. The minimum Gasteiger partial charge on any atom is -0.496 e. The van der Waals surface area contributed by atoms with Gasteiger partial charge in [0, 0.05) is 31.1 Å². The van der Waals surface area contributed by atoms with E-state index in [-0.39, 0.29) is 31.2 Å². The second-order valence-corrected chi connectivity index (χ2v) is 11.8. The summed E-state index contributed by atoms with van der Waals surface area (Å²) in [6, 6.07) is 15.1. The average Bonchev–Trinajstić information content (AvgIpc) is 3.66. The number of rotatable bonds is 14. The van der Waals surface area contributed by atoms with Crippen LogP contribution in [0.1, 0.15) is 49.7 Å². The molecule has 45 heavy (non-hydrogen) atoms. The van der Waals surface area contributed by atoms with Gasteiger partial charge >= 0.3 is 5.97 Å². The molecule has 10 nitrogen and oxygen atoms in total. The summed E-state index contributed by atoms with van der Waals surface area (Å²) >= 11 is 0. The van der Waals surface area contributed by atoms with E-state index in [0.29, 0.717) is 36.8 Å². The summed E-state index contributed by atoms with van der Waals surface area (Å²) in [5.41, 5.74) is 2.70. The number of carbonyl (C=O) groups is 2. The Kier molecular flexibility index (Phi) is 10.4. The van der Waals surface area contributed by atoms with Crippen molar-refractivity contribution in [2.24, 2.45) is 13.0 Å². The van der Waals surface area contributed by atoms with Crippen molar-refractivity contribution in [3.8, 4) is 23.0 Å². The Balaban J connectivity index is 1.45. The first-order valence-electron chi connectivity index (χ1n) is 15.7. The number of hydrogen-bond donors (Lipinski definition) is 1. The molecular weight excluding hydrogens is 574 g/mol. The molecule has 0 radical (unpaired) electrons. The number of pyridine rings is 1. The number of nitrogens with zero attached hydrogens (tertiary/aromatic N) is 3. The van der Waals surface area contributed by atoms with E-state index in [1.807, 2.05) is 77.4 Å². The number of anilines is 1. The topological polar surface area (TPSA) is 102 Å². The molecule has 1 amide bonds. The van der Waals surface area contributed by atoms with Gasteiger partial charge in [0.2, 0.25) is 18.4 Å². The van der Waals surface area contributed by atoms with Gasteiger partial charge in [0.15, 0.2) is 23.9 Å². The summed E-state index contributed by atoms with van der Waals surface area (Å²) in [4.78, 5) is 31.0. The molecule has 10 heteroatoms. The zero-order valence-electron chi connectivity index (χ0n) is 26.6. The fraction of sp³-hybridized carbons (Fsp3) is 0.457. The molecule has 2 aliphatic heterocycles. The first-order valence-corrected chi connectivity index (χ1v) is 15.7. The number of carbonyl (C=O) groups excluding carboxylic acids is 1. The van der Waals surface area contributed by atoms with Gasteiger partial charge in [-0.3, -0.25) is 14.5 Å². The van der Waals surface area contributed by atoms with Gasteiger partial charge in [-0.15, -0.1) is 0 Å². The van der Waals surface area contributed by atoms with Crippen molar-refractivity contribution >= 4 is 17.6 Å². The zero-order valence-corrected chi connectivity index (χ0v) is 26.6. The number of aryl methyl sites for hydroxylation is 2. The van der Waals surface area contributed by atoms with Crippen LogP contribution < -0.4 is 28.4 Å². The predicted octanol–water partition coefficient (Wildman–Crippen LogP) is 4.58. The van der Waals surface area contributed by atoms with Crippen molar-refractivity contribution in [1.29, 1.82) is 0 Å². The van der Waals surface area contributed by atoms with Gasteiger partial charge in [-0.2, -0.15) is 0 Å². The van der Waals surface area contributed by atoms with Gasteiger partial charge in [0.1, 0.15) is 18.5 Å². The molecule has 0 saturated carbocycles. The molecule has 3 atom stereocenters. The number of fused-ring (bicyclic) bond motifs is 1. The molecule has 0 spiro atoms. The van der Waals surface area contributed by atoms with Crippen LogP contribution in [0.15, 0.2) is 60.9 Å². The van der Waals surface area contributed by atoms with Crippen LogP contribution in [0.4, 0.5) is 5.69 Å². The number of carboxylic acids is 1. The number of methoxy groups -OCH3 is 2. The summed E-state index contributed by atoms with van der Waals surface area (Å²) in [6.07, 6.45) is 7.79. The number of ether oxygens (including phenoxy) is 4. The lowest BCUT2D eigenvalue weighted by Gasteiger charge is -2.29. The molecular formula is C35H44N3O7+. The van der Waals surface area contributed by atoms with E-state index < -0.39 is 11.9 Å². The number of aromatic nitrogens is 1. The van der Waals surface area contributed by atoms with Crippen molar-refractivity contribution in [3.63, 3.8) is 0 Å². The number of hydrogen-bond acceptors (Lipinski definition) is 7. The Hall–Kier alpha value is -4.31. The Morgan fingerprint density at radius 3 is 2.60 bits per heavy atom. The summed E-state index contributed by atoms with van der Waals surface area (Å²) in [7, 11) is 5.15. The molecule has 3 aromatic rings. The molecule has 2 aromatic carbocycles. The lowest BCUT2D eigenvalue weighted by molar-refractivity contribution is -0.670. The SMILES string of the molecule is CCCCN(C(=O)CN1C[C@H](c2cc(OC)c3c(c2)OCO3)[C@@H](C(=O)O)[C@@H]1CCCc1ccccc1OC)c1ccc[n+](C)c1. The van der Waals surface area contributed by atoms with Gasteiger partial charge < -0.3 is 29.0 Å². The lowest BCUT2D eigenvalue weighted by Crippen LogP contribution is -2.45. The number of benzene rings is 2. The molecule has 0 bridgehead atoms. The van der Waals surface area contributed by atoms with Crippen LogP contribution in [0.3, 0.4) is 0 Å². The highest BCUT2D eigenvalue weighted by Crippen LogP contribution is 2.47. The maximum absolute atomic E-state index is 14.1. The fourth-order valence-electron chi connectivity index (χ4n) is 6.67. The average molecular weight is 619 g/mol. The van der Waals surface area contributed by atoms with Crippen LogP contribution >= 0.6 is 0 Å². The molecule has 0 aliphatic carbocycles. The van der Waals surface area contributed by atoms with E-state index >= 15 is 0 Å². The van der Waals surface area contributed by atoms with Gasteiger partial charge in [-0.1, -0.05) is 31.5 Å². The van der Waals surface area contributed by atoms with Gasteiger partial charge in [0.05, 0.1) is 26.7 Å². The Morgan fingerprint density at radius 1 is 1.07 bits per heavy atom. The van der Waals surface area contributed by atoms with Crippen LogP contribution in [-0.4, -0.2) is 68.6 Å². The van der Waals surface area contributed by atoms with Crippen molar-refractivity contribution < 1.29 is 38.2 Å². The van der Waals surface area contributed by atoms with Gasteiger partial charge in [-0.25, -0.2) is 4.57 Å². The third-order valence-corrected chi connectivity index (χ3v) is 8.89. The fourth-order valence-corrected chi connectivity index (χ4v) is 6.67. The molecule has 1 aromatic heterocycles. The minimum absolute atomic E-state index is 0.0440.